The molecule has 37 heavy (non-hydrogen) atoms. The lowest BCUT2D eigenvalue weighted by atomic mass is 10.1. The Morgan fingerprint density at radius 3 is 2.38 bits per heavy atom. The van der Waals surface area contributed by atoms with Gasteiger partial charge >= 0.3 is 0 Å². The molecule has 2 aromatic carbocycles. The van der Waals surface area contributed by atoms with Gasteiger partial charge in [-0.1, -0.05) is 30.9 Å². The number of amides is 3. The van der Waals surface area contributed by atoms with Gasteiger partial charge in [0.25, 0.3) is 11.8 Å². The Labute approximate surface area is 215 Å². The normalized spacial score (nSPS) is 12.1. The van der Waals surface area contributed by atoms with Crippen LogP contribution in [0.1, 0.15) is 62.8 Å². The zero-order chi connectivity index (χ0) is 26.4. The summed E-state index contributed by atoms with van der Waals surface area (Å²) in [4.78, 5) is 48.7. The molecule has 9 nitrogen and oxygen atoms in total. The fraction of sp³-hybridized carbons (Fsp3) is 0.250. The van der Waals surface area contributed by atoms with E-state index in [9.17, 15) is 14.4 Å². The summed E-state index contributed by atoms with van der Waals surface area (Å²) in [5.41, 5.74) is 8.04. The maximum absolute atomic E-state index is 12.5. The summed E-state index contributed by atoms with van der Waals surface area (Å²) < 4.78 is 0. The van der Waals surface area contributed by atoms with Crippen LogP contribution in [0.2, 0.25) is 0 Å². The molecule has 4 rings (SSSR count). The van der Waals surface area contributed by atoms with Gasteiger partial charge < -0.3 is 16.0 Å². The summed E-state index contributed by atoms with van der Waals surface area (Å²) in [6, 6.07) is 13.6. The highest BCUT2D eigenvalue weighted by Gasteiger charge is 2.34. The Hall–Kier alpha value is -4.71. The lowest BCUT2D eigenvalue weighted by Crippen LogP contribution is -2.30. The molecule has 2 heterocycles. The van der Waals surface area contributed by atoms with Crippen LogP contribution < -0.4 is 16.0 Å². The number of nitrogens with two attached hydrogens (primary N) is 1. The molecule has 1 aromatic heterocycles. The molecule has 3 N–H and O–H groups in total. The zero-order valence-electron chi connectivity index (χ0n) is 20.8. The summed E-state index contributed by atoms with van der Waals surface area (Å²) in [5.74, 6) is 6.38. The van der Waals surface area contributed by atoms with E-state index in [0.717, 1.165) is 18.7 Å². The van der Waals surface area contributed by atoms with Crippen LogP contribution in [0.3, 0.4) is 0 Å². The highest BCUT2D eigenvalue weighted by Crippen LogP contribution is 2.23. The first-order chi connectivity index (χ1) is 17.9. The van der Waals surface area contributed by atoms with Crippen molar-refractivity contribution in [3.63, 3.8) is 0 Å². The molecule has 1 aliphatic heterocycles. The molecule has 0 fully saturated rings. The van der Waals surface area contributed by atoms with Gasteiger partial charge in [0.15, 0.2) is 0 Å². The van der Waals surface area contributed by atoms with Crippen molar-refractivity contribution in [2.45, 2.75) is 26.2 Å². The van der Waals surface area contributed by atoms with Crippen LogP contribution >= 0.6 is 0 Å². The molecule has 1 aliphatic rings. The average Bonchev–Trinajstić information content (AvgIpc) is 3.14. The SMILES string of the molecule is CCCN(C)c1nc(Nc2ccc(C(N)=O)cc2)ncc1C#CCCCN1C(=O)c2ccccc2C1=O. The predicted octanol–water partition coefficient (Wildman–Crippen LogP) is 3.59. The van der Waals surface area contributed by atoms with Crippen LogP contribution in [0, 0.1) is 11.8 Å². The molecule has 3 aromatic rings. The van der Waals surface area contributed by atoms with Gasteiger partial charge in [-0.05, 0) is 49.2 Å². The second kappa shape index (κ2) is 11.4. The van der Waals surface area contributed by atoms with Gasteiger partial charge in [-0.3, -0.25) is 19.3 Å². The molecule has 0 saturated carbocycles. The van der Waals surface area contributed by atoms with E-state index >= 15 is 0 Å². The topological polar surface area (TPSA) is 122 Å². The van der Waals surface area contributed by atoms with Crippen molar-refractivity contribution in [2.24, 2.45) is 5.73 Å². The maximum Gasteiger partial charge on any atom is 0.261 e. The van der Waals surface area contributed by atoms with E-state index in [4.69, 9.17) is 5.73 Å². The van der Waals surface area contributed by atoms with Crippen molar-refractivity contribution in [1.82, 2.24) is 14.9 Å². The standard InChI is InChI=1S/C28H28N6O3/c1-3-16-33(2)25-20(18-30-28(32-25)31-21-14-12-19(13-15-21)24(29)35)9-5-4-8-17-34-26(36)22-10-6-7-11-23(22)27(34)37/h6-7,10-15,18H,3-4,8,16-17H2,1-2H3,(H2,29,35)(H,30,31,32). The van der Waals surface area contributed by atoms with E-state index in [2.05, 4.69) is 34.0 Å². The Morgan fingerprint density at radius 2 is 1.76 bits per heavy atom. The van der Waals surface area contributed by atoms with Gasteiger partial charge in [0.2, 0.25) is 11.9 Å². The molecular formula is C28H28N6O3. The first-order valence-electron chi connectivity index (χ1n) is 12.1. The lowest BCUT2D eigenvalue weighted by molar-refractivity contribution is 0.0652. The number of carbonyl (C=O) groups is 3. The average molecular weight is 497 g/mol. The molecule has 0 spiro atoms. The number of primary amides is 1. The number of hydrogen-bond acceptors (Lipinski definition) is 7. The van der Waals surface area contributed by atoms with Gasteiger partial charge in [-0.2, -0.15) is 4.98 Å². The molecule has 0 radical (unpaired) electrons. The third-order valence-corrected chi connectivity index (χ3v) is 5.90. The van der Waals surface area contributed by atoms with Gasteiger partial charge in [0.1, 0.15) is 5.82 Å². The number of imide groups is 1. The third-order valence-electron chi connectivity index (χ3n) is 5.90. The fourth-order valence-electron chi connectivity index (χ4n) is 4.03. The molecule has 188 valence electrons. The summed E-state index contributed by atoms with van der Waals surface area (Å²) in [6.45, 7) is 3.19. The van der Waals surface area contributed by atoms with Crippen LogP contribution in [0.4, 0.5) is 17.5 Å². The van der Waals surface area contributed by atoms with Crippen LogP contribution in [-0.2, 0) is 0 Å². The third kappa shape index (κ3) is 5.76. The van der Waals surface area contributed by atoms with E-state index in [1.807, 2.05) is 11.9 Å². The number of nitrogens with zero attached hydrogens (tertiary/aromatic N) is 4. The van der Waals surface area contributed by atoms with Crippen molar-refractivity contribution in [2.75, 3.05) is 30.4 Å². The minimum absolute atomic E-state index is 0.252. The second-order valence-corrected chi connectivity index (χ2v) is 8.63. The first kappa shape index (κ1) is 25.4. The monoisotopic (exact) mass is 496 g/mol. The fourth-order valence-corrected chi connectivity index (χ4v) is 4.03. The summed E-state index contributed by atoms with van der Waals surface area (Å²) >= 11 is 0. The highest BCUT2D eigenvalue weighted by molar-refractivity contribution is 6.21. The number of rotatable bonds is 9. The Kier molecular flexibility index (Phi) is 7.79. The number of fused-ring (bicyclic) bond motifs is 1. The largest absolute Gasteiger partial charge is 0.366 e. The van der Waals surface area contributed by atoms with Crippen molar-refractivity contribution in [3.05, 3.63) is 77.0 Å². The molecule has 3 amide bonds. The summed E-state index contributed by atoms with van der Waals surface area (Å²) in [5, 5.41) is 3.14. The number of carbonyl (C=O) groups excluding carboxylic acids is 3. The van der Waals surface area contributed by atoms with E-state index in [1.165, 1.54) is 4.90 Å². The number of nitrogens with one attached hydrogen (secondary N) is 1. The number of aromatic nitrogens is 2. The van der Waals surface area contributed by atoms with E-state index in [1.54, 1.807) is 54.7 Å². The smallest absolute Gasteiger partial charge is 0.261 e. The molecule has 0 aliphatic carbocycles. The minimum atomic E-state index is -0.488. The Balaban J connectivity index is 1.42. The number of hydrogen-bond donors (Lipinski definition) is 2. The second-order valence-electron chi connectivity index (χ2n) is 8.63. The number of unbranched alkanes of at least 4 members (excludes halogenated alkanes) is 1. The van der Waals surface area contributed by atoms with Gasteiger partial charge in [-0.25, -0.2) is 4.98 Å². The molecule has 0 bridgehead atoms. The highest BCUT2D eigenvalue weighted by atomic mass is 16.2. The molecule has 0 atom stereocenters. The van der Waals surface area contributed by atoms with Crippen molar-refractivity contribution in [1.29, 1.82) is 0 Å². The first-order valence-corrected chi connectivity index (χ1v) is 12.1. The van der Waals surface area contributed by atoms with Crippen molar-refractivity contribution >= 4 is 35.2 Å². The van der Waals surface area contributed by atoms with Crippen molar-refractivity contribution < 1.29 is 14.4 Å². The van der Waals surface area contributed by atoms with E-state index in [0.29, 0.717) is 53.4 Å². The summed E-state index contributed by atoms with van der Waals surface area (Å²) in [7, 11) is 1.95. The maximum atomic E-state index is 12.5. The van der Waals surface area contributed by atoms with Crippen LogP contribution in [0.15, 0.2) is 54.7 Å². The van der Waals surface area contributed by atoms with Crippen molar-refractivity contribution in [3.8, 4) is 11.8 Å². The van der Waals surface area contributed by atoms with Crippen LogP contribution in [0.5, 0.6) is 0 Å². The molecule has 0 unspecified atom stereocenters. The molecule has 9 heteroatoms. The Bertz CT molecular complexity index is 1360. The van der Waals surface area contributed by atoms with Gasteiger partial charge in [0, 0.05) is 37.8 Å². The molecular weight excluding hydrogens is 468 g/mol. The number of anilines is 3. The van der Waals surface area contributed by atoms with Gasteiger partial charge in [0.05, 0.1) is 22.9 Å². The van der Waals surface area contributed by atoms with E-state index < -0.39 is 5.91 Å². The van der Waals surface area contributed by atoms with Crippen LogP contribution in [0.25, 0.3) is 0 Å². The predicted molar refractivity (Wildman–Crippen MR) is 142 cm³/mol. The zero-order valence-corrected chi connectivity index (χ0v) is 20.8. The quantitative estimate of drug-likeness (QED) is 0.264. The lowest BCUT2D eigenvalue weighted by Gasteiger charge is -2.19. The minimum Gasteiger partial charge on any atom is -0.366 e. The number of benzene rings is 2. The van der Waals surface area contributed by atoms with E-state index in [-0.39, 0.29) is 11.8 Å². The summed E-state index contributed by atoms with van der Waals surface area (Å²) in [6.07, 6.45) is 3.69. The molecule has 0 saturated heterocycles. The van der Waals surface area contributed by atoms with Gasteiger partial charge in [-0.15, -0.1) is 0 Å². The van der Waals surface area contributed by atoms with Crippen LogP contribution in [-0.4, -0.2) is 52.7 Å². The Morgan fingerprint density at radius 1 is 1.08 bits per heavy atom.